The number of halogens is 2. The van der Waals surface area contributed by atoms with Gasteiger partial charge in [-0.05, 0) is 31.7 Å². The van der Waals surface area contributed by atoms with E-state index in [1.54, 1.807) is 6.92 Å². The molecule has 7 heteroatoms. The maximum Gasteiger partial charge on any atom is 0.264 e. The predicted molar refractivity (Wildman–Crippen MR) is 87.0 cm³/mol. The van der Waals surface area contributed by atoms with E-state index in [1.807, 2.05) is 13.8 Å². The summed E-state index contributed by atoms with van der Waals surface area (Å²) in [5.41, 5.74) is 1.51. The Labute approximate surface area is 139 Å². The first-order valence-corrected chi connectivity index (χ1v) is 8.29. The van der Waals surface area contributed by atoms with E-state index in [0.29, 0.717) is 34.9 Å². The van der Waals surface area contributed by atoms with Gasteiger partial charge in [0.05, 0.1) is 11.1 Å². The summed E-state index contributed by atoms with van der Waals surface area (Å²) in [6, 6.07) is 1.50. The Morgan fingerprint density at radius 2 is 2.12 bits per heavy atom. The molecule has 0 aliphatic heterocycles. The van der Waals surface area contributed by atoms with Crippen molar-refractivity contribution in [3.63, 3.8) is 0 Å². The molecular formula is C17H22F2N4O. The standard InChI is InChI=1S/C17H22F2N4O/c1-9(2)7-20-14(24)8-23-17-15(10(3)22-23)12(16(18)19)6-13(21-17)11-4-5-11/h6,9,11,16H,4-5,7-8H2,1-3H3,(H,20,24). The van der Waals surface area contributed by atoms with Crippen LogP contribution in [0.2, 0.25) is 0 Å². The van der Waals surface area contributed by atoms with Crippen molar-refractivity contribution in [2.24, 2.45) is 5.92 Å². The zero-order valence-corrected chi connectivity index (χ0v) is 14.1. The second-order valence-corrected chi connectivity index (χ2v) is 6.85. The van der Waals surface area contributed by atoms with Crippen molar-refractivity contribution in [1.29, 1.82) is 0 Å². The van der Waals surface area contributed by atoms with Crippen LogP contribution < -0.4 is 5.32 Å². The Balaban J connectivity index is 1.98. The Morgan fingerprint density at radius 1 is 1.42 bits per heavy atom. The molecule has 0 aromatic carbocycles. The second kappa shape index (κ2) is 6.45. The molecule has 1 saturated carbocycles. The van der Waals surface area contributed by atoms with Crippen LogP contribution in [0.4, 0.5) is 8.78 Å². The smallest absolute Gasteiger partial charge is 0.264 e. The molecule has 2 aromatic rings. The number of hydrogen-bond donors (Lipinski definition) is 1. The lowest BCUT2D eigenvalue weighted by Crippen LogP contribution is -2.31. The molecule has 1 amide bonds. The minimum Gasteiger partial charge on any atom is -0.354 e. The molecule has 2 heterocycles. The summed E-state index contributed by atoms with van der Waals surface area (Å²) in [5, 5.41) is 7.46. The SMILES string of the molecule is Cc1nn(CC(=O)NCC(C)C)c2nc(C3CC3)cc(C(F)F)c12. The summed E-state index contributed by atoms with van der Waals surface area (Å²) >= 11 is 0. The minimum atomic E-state index is -2.58. The zero-order valence-electron chi connectivity index (χ0n) is 14.1. The van der Waals surface area contributed by atoms with E-state index >= 15 is 0 Å². The lowest BCUT2D eigenvalue weighted by atomic mass is 10.1. The number of aromatic nitrogens is 3. The molecule has 0 atom stereocenters. The Kier molecular flexibility index (Phi) is 4.51. The normalized spacial score (nSPS) is 14.8. The number of rotatable bonds is 6. The zero-order chi connectivity index (χ0) is 17.4. The molecule has 0 saturated heterocycles. The number of nitrogens with zero attached hydrogens (tertiary/aromatic N) is 3. The number of amides is 1. The molecule has 0 spiro atoms. The van der Waals surface area contributed by atoms with E-state index in [-0.39, 0.29) is 23.9 Å². The highest BCUT2D eigenvalue weighted by Gasteiger charge is 2.29. The Bertz CT molecular complexity index is 766. The van der Waals surface area contributed by atoms with Gasteiger partial charge in [0.1, 0.15) is 6.54 Å². The van der Waals surface area contributed by atoms with Gasteiger partial charge in [-0.25, -0.2) is 18.4 Å². The van der Waals surface area contributed by atoms with Gasteiger partial charge in [-0.3, -0.25) is 4.79 Å². The summed E-state index contributed by atoms with van der Waals surface area (Å²) in [4.78, 5) is 16.6. The van der Waals surface area contributed by atoms with Gasteiger partial charge in [0.2, 0.25) is 5.91 Å². The van der Waals surface area contributed by atoms with Crippen LogP contribution in [0, 0.1) is 12.8 Å². The molecule has 3 rings (SSSR count). The number of carbonyl (C=O) groups excluding carboxylic acids is 1. The highest BCUT2D eigenvalue weighted by Crippen LogP contribution is 2.41. The first-order valence-electron chi connectivity index (χ1n) is 8.29. The monoisotopic (exact) mass is 336 g/mol. The number of carbonyl (C=O) groups is 1. The van der Waals surface area contributed by atoms with Crippen molar-refractivity contribution >= 4 is 16.9 Å². The van der Waals surface area contributed by atoms with Crippen LogP contribution in [0.25, 0.3) is 11.0 Å². The van der Waals surface area contributed by atoms with E-state index < -0.39 is 6.43 Å². The van der Waals surface area contributed by atoms with Gasteiger partial charge in [-0.2, -0.15) is 5.10 Å². The van der Waals surface area contributed by atoms with Gasteiger partial charge in [0, 0.05) is 23.7 Å². The summed E-state index contributed by atoms with van der Waals surface area (Å²) < 4.78 is 28.4. The van der Waals surface area contributed by atoms with Gasteiger partial charge < -0.3 is 5.32 Å². The Hall–Kier alpha value is -2.05. The largest absolute Gasteiger partial charge is 0.354 e. The van der Waals surface area contributed by atoms with Crippen LogP contribution in [-0.4, -0.2) is 27.2 Å². The van der Waals surface area contributed by atoms with Gasteiger partial charge >= 0.3 is 0 Å². The highest BCUT2D eigenvalue weighted by atomic mass is 19.3. The fraction of sp³-hybridized carbons (Fsp3) is 0.588. The van der Waals surface area contributed by atoms with E-state index in [4.69, 9.17) is 0 Å². The molecule has 0 bridgehead atoms. The number of pyridine rings is 1. The predicted octanol–water partition coefficient (Wildman–Crippen LogP) is 3.33. The molecule has 0 radical (unpaired) electrons. The molecule has 1 aliphatic carbocycles. The van der Waals surface area contributed by atoms with Gasteiger partial charge in [0.25, 0.3) is 6.43 Å². The third-order valence-electron chi connectivity index (χ3n) is 4.16. The summed E-state index contributed by atoms with van der Waals surface area (Å²) in [6.07, 6.45) is -0.633. The summed E-state index contributed by atoms with van der Waals surface area (Å²) in [7, 11) is 0. The molecule has 2 aromatic heterocycles. The van der Waals surface area contributed by atoms with Crippen molar-refractivity contribution < 1.29 is 13.6 Å². The van der Waals surface area contributed by atoms with Crippen LogP contribution in [0.1, 0.15) is 56.0 Å². The molecule has 130 valence electrons. The van der Waals surface area contributed by atoms with Crippen molar-refractivity contribution in [1.82, 2.24) is 20.1 Å². The van der Waals surface area contributed by atoms with Crippen LogP contribution in [0.5, 0.6) is 0 Å². The maximum absolute atomic E-state index is 13.5. The molecule has 0 unspecified atom stereocenters. The average molecular weight is 336 g/mol. The van der Waals surface area contributed by atoms with Gasteiger partial charge in [0.15, 0.2) is 5.65 Å². The van der Waals surface area contributed by atoms with Crippen LogP contribution >= 0.6 is 0 Å². The number of hydrogen-bond acceptors (Lipinski definition) is 3. The summed E-state index contributed by atoms with van der Waals surface area (Å²) in [6.45, 7) is 6.24. The summed E-state index contributed by atoms with van der Waals surface area (Å²) in [5.74, 6) is 0.408. The molecule has 5 nitrogen and oxygen atoms in total. The van der Waals surface area contributed by atoms with E-state index in [2.05, 4.69) is 15.4 Å². The van der Waals surface area contributed by atoms with Crippen LogP contribution in [0.15, 0.2) is 6.07 Å². The molecular weight excluding hydrogens is 314 g/mol. The second-order valence-electron chi connectivity index (χ2n) is 6.85. The van der Waals surface area contributed by atoms with Gasteiger partial charge in [-0.15, -0.1) is 0 Å². The first-order chi connectivity index (χ1) is 11.4. The lowest BCUT2D eigenvalue weighted by Gasteiger charge is -2.09. The molecule has 1 fully saturated rings. The average Bonchev–Trinajstić information content (AvgIpc) is 3.31. The van der Waals surface area contributed by atoms with Gasteiger partial charge in [-0.1, -0.05) is 13.8 Å². The van der Waals surface area contributed by atoms with Crippen LogP contribution in [-0.2, 0) is 11.3 Å². The highest BCUT2D eigenvalue weighted by molar-refractivity contribution is 5.85. The topological polar surface area (TPSA) is 59.8 Å². The minimum absolute atomic E-state index is 0.0130. The van der Waals surface area contributed by atoms with Crippen molar-refractivity contribution in [3.8, 4) is 0 Å². The third kappa shape index (κ3) is 3.39. The number of fused-ring (bicyclic) bond motifs is 1. The molecule has 1 N–H and O–H groups in total. The number of nitrogens with one attached hydrogen (secondary N) is 1. The van der Waals surface area contributed by atoms with E-state index in [1.165, 1.54) is 10.7 Å². The van der Waals surface area contributed by atoms with Crippen LogP contribution in [0.3, 0.4) is 0 Å². The van der Waals surface area contributed by atoms with Crippen molar-refractivity contribution in [2.75, 3.05) is 6.54 Å². The molecule has 24 heavy (non-hydrogen) atoms. The lowest BCUT2D eigenvalue weighted by molar-refractivity contribution is -0.121. The molecule has 1 aliphatic rings. The first kappa shape index (κ1) is 16.8. The number of aryl methyl sites for hydroxylation is 1. The Morgan fingerprint density at radius 3 is 2.71 bits per heavy atom. The third-order valence-corrected chi connectivity index (χ3v) is 4.16. The van der Waals surface area contributed by atoms with Crippen molar-refractivity contribution in [3.05, 3.63) is 23.0 Å². The quantitative estimate of drug-likeness (QED) is 0.880. The van der Waals surface area contributed by atoms with Crippen molar-refractivity contribution in [2.45, 2.75) is 52.5 Å². The van der Waals surface area contributed by atoms with E-state index in [9.17, 15) is 13.6 Å². The fourth-order valence-corrected chi connectivity index (χ4v) is 2.79. The number of alkyl halides is 2. The van der Waals surface area contributed by atoms with E-state index in [0.717, 1.165) is 12.8 Å². The fourth-order valence-electron chi connectivity index (χ4n) is 2.79. The maximum atomic E-state index is 13.5.